The van der Waals surface area contributed by atoms with Crippen LogP contribution < -0.4 is 10.4 Å². The molecule has 0 unspecified atom stereocenters. The first kappa shape index (κ1) is 12.9. The van der Waals surface area contributed by atoms with E-state index in [0.29, 0.717) is 22.8 Å². The summed E-state index contributed by atoms with van der Waals surface area (Å²) in [6.07, 6.45) is 0. The molecule has 0 aliphatic carbocycles. The van der Waals surface area contributed by atoms with Crippen LogP contribution in [-0.2, 0) is 0 Å². The van der Waals surface area contributed by atoms with Crippen molar-refractivity contribution in [2.24, 2.45) is 0 Å². The second-order valence-corrected chi connectivity index (χ2v) is 4.15. The van der Waals surface area contributed by atoms with Crippen LogP contribution >= 0.6 is 0 Å². The van der Waals surface area contributed by atoms with Gasteiger partial charge in [-0.25, -0.2) is 0 Å². The van der Waals surface area contributed by atoms with Gasteiger partial charge in [0.15, 0.2) is 0 Å². The lowest BCUT2D eigenvalue weighted by Gasteiger charge is -2.07. The van der Waals surface area contributed by atoms with Gasteiger partial charge in [0, 0.05) is 5.69 Å². The van der Waals surface area contributed by atoms with Gasteiger partial charge in [-0.3, -0.25) is 4.79 Å². The minimum Gasteiger partial charge on any atom is -0.545 e. The first-order chi connectivity index (χ1) is 8.97. The van der Waals surface area contributed by atoms with E-state index in [1.165, 1.54) is 18.2 Å². The van der Waals surface area contributed by atoms with Crippen LogP contribution in [0.4, 0.5) is 5.69 Å². The maximum atomic E-state index is 12.0. The summed E-state index contributed by atoms with van der Waals surface area (Å²) >= 11 is 0. The summed E-state index contributed by atoms with van der Waals surface area (Å²) in [6.45, 7) is 3.44. The number of carbonyl (C=O) groups excluding carboxylic acids is 2. The molecular formula is C14H12NO4-. The molecule has 0 saturated heterocycles. The monoisotopic (exact) mass is 258 g/mol. The lowest BCUT2D eigenvalue weighted by molar-refractivity contribution is -0.255. The van der Waals surface area contributed by atoms with E-state index in [4.69, 9.17) is 4.42 Å². The average Bonchev–Trinajstić information content (AvgIpc) is 2.69. The molecule has 1 aromatic carbocycles. The Labute approximate surface area is 109 Å². The Hall–Kier alpha value is -2.56. The second kappa shape index (κ2) is 4.97. The number of hydrogen-bond donors (Lipinski definition) is 1. The van der Waals surface area contributed by atoms with E-state index in [1.54, 1.807) is 26.0 Å². The van der Waals surface area contributed by atoms with Gasteiger partial charge in [0.1, 0.15) is 11.5 Å². The SMILES string of the molecule is Cc1cc(C(=O)Nc2cccc(C(=O)[O-])c2)c(C)o1. The molecule has 0 radical (unpaired) electrons. The third-order valence-electron chi connectivity index (χ3n) is 2.64. The molecule has 0 aliphatic heterocycles. The lowest BCUT2D eigenvalue weighted by Crippen LogP contribution is -2.22. The van der Waals surface area contributed by atoms with Gasteiger partial charge in [0.25, 0.3) is 5.91 Å². The molecule has 0 saturated carbocycles. The number of aryl methyl sites for hydroxylation is 2. The van der Waals surface area contributed by atoms with E-state index in [1.807, 2.05) is 0 Å². The molecule has 0 fully saturated rings. The summed E-state index contributed by atoms with van der Waals surface area (Å²) in [6, 6.07) is 7.52. The number of carboxylic acid groups (broad SMARTS) is 1. The first-order valence-electron chi connectivity index (χ1n) is 5.67. The fourth-order valence-electron chi connectivity index (χ4n) is 1.78. The van der Waals surface area contributed by atoms with Crippen molar-refractivity contribution in [1.29, 1.82) is 0 Å². The molecule has 0 atom stereocenters. The smallest absolute Gasteiger partial charge is 0.259 e. The summed E-state index contributed by atoms with van der Waals surface area (Å²) < 4.78 is 5.27. The van der Waals surface area contributed by atoms with Gasteiger partial charge in [-0.15, -0.1) is 0 Å². The number of rotatable bonds is 3. The maximum absolute atomic E-state index is 12.0. The number of carboxylic acids is 1. The van der Waals surface area contributed by atoms with Gasteiger partial charge in [-0.05, 0) is 37.6 Å². The molecule has 1 N–H and O–H groups in total. The van der Waals surface area contributed by atoms with Crippen molar-refractivity contribution in [3.8, 4) is 0 Å². The van der Waals surface area contributed by atoms with Crippen molar-refractivity contribution >= 4 is 17.6 Å². The Morgan fingerprint density at radius 1 is 1.21 bits per heavy atom. The molecule has 1 amide bonds. The van der Waals surface area contributed by atoms with Crippen LogP contribution in [0.3, 0.4) is 0 Å². The molecule has 5 heteroatoms. The van der Waals surface area contributed by atoms with Crippen molar-refractivity contribution in [2.75, 3.05) is 5.32 Å². The number of amides is 1. The molecule has 19 heavy (non-hydrogen) atoms. The van der Waals surface area contributed by atoms with Crippen molar-refractivity contribution in [1.82, 2.24) is 0 Å². The Balaban J connectivity index is 2.21. The van der Waals surface area contributed by atoms with Crippen LogP contribution in [-0.4, -0.2) is 11.9 Å². The van der Waals surface area contributed by atoms with Crippen molar-refractivity contribution in [2.45, 2.75) is 13.8 Å². The quantitative estimate of drug-likeness (QED) is 0.904. The Bertz CT molecular complexity index is 643. The van der Waals surface area contributed by atoms with Gasteiger partial charge in [-0.2, -0.15) is 0 Å². The number of hydrogen-bond acceptors (Lipinski definition) is 4. The molecule has 5 nitrogen and oxygen atoms in total. The van der Waals surface area contributed by atoms with E-state index < -0.39 is 5.97 Å². The van der Waals surface area contributed by atoms with Crippen LogP contribution in [0.15, 0.2) is 34.7 Å². The summed E-state index contributed by atoms with van der Waals surface area (Å²) in [7, 11) is 0. The third-order valence-corrected chi connectivity index (χ3v) is 2.64. The Morgan fingerprint density at radius 3 is 2.53 bits per heavy atom. The molecular weight excluding hydrogens is 246 g/mol. The van der Waals surface area contributed by atoms with Gasteiger partial charge in [0.05, 0.1) is 11.5 Å². The van der Waals surface area contributed by atoms with Gasteiger partial charge in [-0.1, -0.05) is 12.1 Å². The number of carbonyl (C=O) groups is 2. The zero-order valence-corrected chi connectivity index (χ0v) is 10.5. The number of furan rings is 1. The number of benzene rings is 1. The van der Waals surface area contributed by atoms with E-state index >= 15 is 0 Å². The molecule has 2 rings (SSSR count). The van der Waals surface area contributed by atoms with Crippen LogP contribution in [0.2, 0.25) is 0 Å². The predicted octanol–water partition coefficient (Wildman–Crippen LogP) is 1.51. The maximum Gasteiger partial charge on any atom is 0.259 e. The molecule has 2 aromatic rings. The highest BCUT2D eigenvalue weighted by Gasteiger charge is 2.13. The summed E-state index contributed by atoms with van der Waals surface area (Å²) in [5.74, 6) is -0.464. The minimum absolute atomic E-state index is 0.0119. The van der Waals surface area contributed by atoms with Crippen LogP contribution in [0.5, 0.6) is 0 Å². The third kappa shape index (κ3) is 2.82. The number of aromatic carboxylic acids is 1. The fraction of sp³-hybridized carbons (Fsp3) is 0.143. The summed E-state index contributed by atoms with van der Waals surface area (Å²) in [5.41, 5.74) is 0.833. The molecule has 1 heterocycles. The standard InChI is InChI=1S/C14H13NO4/c1-8-6-12(9(2)19-8)13(16)15-11-5-3-4-10(7-11)14(17)18/h3-7H,1-2H3,(H,15,16)(H,17,18)/p-1. The zero-order valence-electron chi connectivity index (χ0n) is 10.5. The highest BCUT2D eigenvalue weighted by Crippen LogP contribution is 2.17. The van der Waals surface area contributed by atoms with Crippen molar-refractivity contribution in [3.63, 3.8) is 0 Å². The number of nitrogens with one attached hydrogen (secondary N) is 1. The minimum atomic E-state index is -1.29. The topological polar surface area (TPSA) is 82.4 Å². The molecule has 0 aliphatic rings. The normalized spacial score (nSPS) is 10.2. The van der Waals surface area contributed by atoms with E-state index in [0.717, 1.165) is 0 Å². The second-order valence-electron chi connectivity index (χ2n) is 4.15. The highest BCUT2D eigenvalue weighted by molar-refractivity contribution is 6.05. The van der Waals surface area contributed by atoms with E-state index in [-0.39, 0.29) is 11.5 Å². The number of anilines is 1. The molecule has 1 aromatic heterocycles. The van der Waals surface area contributed by atoms with Crippen LogP contribution in [0.1, 0.15) is 32.2 Å². The fourth-order valence-corrected chi connectivity index (χ4v) is 1.78. The lowest BCUT2D eigenvalue weighted by atomic mass is 10.2. The Kier molecular flexibility index (Phi) is 3.37. The zero-order chi connectivity index (χ0) is 14.0. The largest absolute Gasteiger partial charge is 0.545 e. The van der Waals surface area contributed by atoms with Crippen LogP contribution in [0.25, 0.3) is 0 Å². The van der Waals surface area contributed by atoms with Crippen molar-refractivity contribution < 1.29 is 19.1 Å². The first-order valence-corrected chi connectivity index (χ1v) is 5.67. The van der Waals surface area contributed by atoms with E-state index in [2.05, 4.69) is 5.32 Å². The van der Waals surface area contributed by atoms with E-state index in [9.17, 15) is 14.7 Å². The van der Waals surface area contributed by atoms with Crippen LogP contribution in [0, 0.1) is 13.8 Å². The molecule has 98 valence electrons. The van der Waals surface area contributed by atoms with Crippen molar-refractivity contribution in [3.05, 3.63) is 53.0 Å². The average molecular weight is 258 g/mol. The Morgan fingerprint density at radius 2 is 1.95 bits per heavy atom. The predicted molar refractivity (Wildman–Crippen MR) is 66.9 cm³/mol. The highest BCUT2D eigenvalue weighted by atomic mass is 16.4. The van der Waals surface area contributed by atoms with Gasteiger partial charge in [0.2, 0.25) is 0 Å². The summed E-state index contributed by atoms with van der Waals surface area (Å²) in [5, 5.41) is 13.3. The van der Waals surface area contributed by atoms with Gasteiger partial charge >= 0.3 is 0 Å². The molecule has 0 spiro atoms. The molecule has 0 bridgehead atoms. The van der Waals surface area contributed by atoms with Gasteiger partial charge < -0.3 is 19.6 Å². The summed E-state index contributed by atoms with van der Waals surface area (Å²) in [4.78, 5) is 22.7.